The van der Waals surface area contributed by atoms with Crippen molar-refractivity contribution in [2.45, 2.75) is 57.8 Å². The molecule has 0 aliphatic rings. The zero-order valence-electron chi connectivity index (χ0n) is 21.3. The van der Waals surface area contributed by atoms with Crippen molar-refractivity contribution in [2.75, 3.05) is 10.0 Å². The predicted molar refractivity (Wildman–Crippen MR) is 137 cm³/mol. The number of anilines is 2. The van der Waals surface area contributed by atoms with Crippen molar-refractivity contribution >= 4 is 33.7 Å². The number of ether oxygens (including phenoxy) is 2. The van der Waals surface area contributed by atoms with E-state index in [4.69, 9.17) is 13.9 Å². The third-order valence-corrected chi connectivity index (χ3v) is 6.46. The molecule has 3 rings (SSSR count). The predicted octanol–water partition coefficient (Wildman–Crippen LogP) is 4.46. The van der Waals surface area contributed by atoms with E-state index in [0.29, 0.717) is 11.3 Å². The van der Waals surface area contributed by atoms with Crippen LogP contribution in [0.5, 0.6) is 0 Å². The van der Waals surface area contributed by atoms with Crippen LogP contribution in [0.3, 0.4) is 0 Å². The van der Waals surface area contributed by atoms with Crippen LogP contribution in [0.15, 0.2) is 70.3 Å². The number of hydrogen-bond donors (Lipinski definition) is 2. The molecule has 0 saturated carbocycles. The molecule has 37 heavy (non-hydrogen) atoms. The van der Waals surface area contributed by atoms with Crippen LogP contribution in [-0.2, 0) is 29.1 Å². The second-order valence-electron chi connectivity index (χ2n) is 8.95. The van der Waals surface area contributed by atoms with Crippen molar-refractivity contribution in [2.24, 2.45) is 5.92 Å². The molecular weight excluding hydrogens is 498 g/mol. The van der Waals surface area contributed by atoms with Gasteiger partial charge in [0.1, 0.15) is 6.26 Å². The van der Waals surface area contributed by atoms with Crippen LogP contribution in [0.2, 0.25) is 0 Å². The molecule has 198 valence electrons. The van der Waals surface area contributed by atoms with E-state index >= 15 is 0 Å². The molecule has 0 aliphatic carbocycles. The summed E-state index contributed by atoms with van der Waals surface area (Å²) in [6, 6.07) is 12.2. The molecule has 1 unspecified atom stereocenters. The highest BCUT2D eigenvalue weighted by molar-refractivity contribution is 7.92. The molecule has 0 aliphatic heterocycles. The summed E-state index contributed by atoms with van der Waals surface area (Å²) in [4.78, 5) is 30.0. The van der Waals surface area contributed by atoms with E-state index in [1.165, 1.54) is 36.7 Å². The SMILES string of the molecule is Cc1ccc(C(Nc2ccc(S(=O)(=O)Nc3ncco3)cc2)C(C(=O)OC(C)C)C(=O)OC(C)C)cc1. The summed E-state index contributed by atoms with van der Waals surface area (Å²) in [5.41, 5.74) is 2.13. The van der Waals surface area contributed by atoms with Crippen LogP contribution in [-0.4, -0.2) is 37.5 Å². The van der Waals surface area contributed by atoms with Gasteiger partial charge in [0, 0.05) is 5.69 Å². The number of aryl methyl sites for hydroxylation is 1. The summed E-state index contributed by atoms with van der Waals surface area (Å²) in [5, 5.41) is 3.20. The van der Waals surface area contributed by atoms with E-state index in [0.717, 1.165) is 5.56 Å². The first-order valence-electron chi connectivity index (χ1n) is 11.7. The summed E-state index contributed by atoms with van der Waals surface area (Å²) in [5.74, 6) is -2.77. The number of sulfonamides is 1. The van der Waals surface area contributed by atoms with Gasteiger partial charge in [-0.25, -0.2) is 18.1 Å². The lowest BCUT2D eigenvalue weighted by Gasteiger charge is -2.28. The maximum absolute atomic E-state index is 13.1. The number of oxazole rings is 1. The topological polar surface area (TPSA) is 137 Å². The third-order valence-electron chi connectivity index (χ3n) is 5.12. The van der Waals surface area contributed by atoms with Gasteiger partial charge in [-0.1, -0.05) is 29.8 Å². The van der Waals surface area contributed by atoms with Gasteiger partial charge in [0.15, 0.2) is 5.92 Å². The fourth-order valence-electron chi connectivity index (χ4n) is 3.47. The van der Waals surface area contributed by atoms with E-state index in [9.17, 15) is 18.0 Å². The molecule has 1 aromatic heterocycles. The molecule has 0 saturated heterocycles. The minimum Gasteiger partial charge on any atom is -0.462 e. The van der Waals surface area contributed by atoms with Gasteiger partial charge in [-0.05, 0) is 64.4 Å². The van der Waals surface area contributed by atoms with Gasteiger partial charge in [0.25, 0.3) is 10.0 Å². The number of hydrogen-bond acceptors (Lipinski definition) is 9. The Morgan fingerprint density at radius 2 is 1.46 bits per heavy atom. The summed E-state index contributed by atoms with van der Waals surface area (Å²) < 4.78 is 43.3. The molecule has 0 spiro atoms. The second-order valence-corrected chi connectivity index (χ2v) is 10.6. The Bertz CT molecular complexity index is 1260. The first-order valence-corrected chi connectivity index (χ1v) is 13.2. The van der Waals surface area contributed by atoms with E-state index in [1.54, 1.807) is 27.7 Å². The van der Waals surface area contributed by atoms with Gasteiger partial charge >= 0.3 is 18.0 Å². The highest BCUT2D eigenvalue weighted by Gasteiger charge is 2.39. The number of esters is 2. The summed E-state index contributed by atoms with van der Waals surface area (Å²) >= 11 is 0. The Morgan fingerprint density at radius 3 is 1.95 bits per heavy atom. The first-order chi connectivity index (χ1) is 17.5. The van der Waals surface area contributed by atoms with E-state index in [2.05, 4.69) is 15.0 Å². The standard InChI is InChI=1S/C26H31N3O7S/c1-16(2)35-24(30)22(25(31)36-17(3)4)23(19-8-6-18(5)7-9-19)28-20-10-12-21(13-11-20)37(32,33)29-26-27-14-15-34-26/h6-17,22-23,28H,1-5H3,(H,27,29). The summed E-state index contributed by atoms with van der Waals surface area (Å²) in [6.45, 7) is 8.71. The Labute approximate surface area is 216 Å². The highest BCUT2D eigenvalue weighted by atomic mass is 32.2. The van der Waals surface area contributed by atoms with Crippen LogP contribution in [0.4, 0.5) is 11.7 Å². The average molecular weight is 530 g/mol. The number of benzene rings is 2. The minimum absolute atomic E-state index is 0.0295. The Balaban J connectivity index is 1.95. The molecule has 3 aromatic rings. The van der Waals surface area contributed by atoms with Gasteiger partial charge in [-0.2, -0.15) is 0 Å². The van der Waals surface area contributed by atoms with Crippen molar-refractivity contribution < 1.29 is 31.9 Å². The molecule has 0 bridgehead atoms. The number of carbonyl (C=O) groups excluding carboxylic acids is 2. The van der Waals surface area contributed by atoms with Crippen molar-refractivity contribution in [3.63, 3.8) is 0 Å². The normalized spacial score (nSPS) is 12.4. The molecule has 1 heterocycles. The molecule has 0 fully saturated rings. The fourth-order valence-corrected chi connectivity index (χ4v) is 4.41. The van der Waals surface area contributed by atoms with Crippen molar-refractivity contribution in [3.05, 3.63) is 72.1 Å². The van der Waals surface area contributed by atoms with E-state index in [1.807, 2.05) is 31.2 Å². The average Bonchev–Trinajstić information content (AvgIpc) is 3.31. The van der Waals surface area contributed by atoms with Crippen molar-refractivity contribution in [1.82, 2.24) is 4.98 Å². The molecular formula is C26H31N3O7S. The number of nitrogens with zero attached hydrogens (tertiary/aromatic N) is 1. The molecule has 2 aromatic carbocycles. The first kappa shape index (κ1) is 27.7. The Morgan fingerprint density at radius 1 is 0.892 bits per heavy atom. The number of aromatic nitrogens is 1. The maximum Gasteiger partial charge on any atom is 0.323 e. The van der Waals surface area contributed by atoms with Crippen LogP contribution >= 0.6 is 0 Å². The van der Waals surface area contributed by atoms with Gasteiger partial charge in [-0.3, -0.25) is 9.59 Å². The largest absolute Gasteiger partial charge is 0.462 e. The number of carbonyl (C=O) groups is 2. The quantitative estimate of drug-likeness (QED) is 0.272. The Kier molecular flexibility index (Phi) is 8.93. The monoisotopic (exact) mass is 529 g/mol. The Hall–Kier alpha value is -3.86. The molecule has 1 atom stereocenters. The van der Waals surface area contributed by atoms with E-state index in [-0.39, 0.29) is 10.9 Å². The van der Waals surface area contributed by atoms with Crippen LogP contribution in [0, 0.1) is 12.8 Å². The van der Waals surface area contributed by atoms with Gasteiger partial charge < -0.3 is 19.2 Å². The lowest BCUT2D eigenvalue weighted by molar-refractivity contribution is -0.167. The zero-order valence-corrected chi connectivity index (χ0v) is 22.1. The summed E-state index contributed by atoms with van der Waals surface area (Å²) in [6.07, 6.45) is 1.68. The van der Waals surface area contributed by atoms with Crippen LogP contribution in [0.1, 0.15) is 44.9 Å². The van der Waals surface area contributed by atoms with Gasteiger partial charge in [0.2, 0.25) is 0 Å². The highest BCUT2D eigenvalue weighted by Crippen LogP contribution is 2.31. The lowest BCUT2D eigenvalue weighted by Crippen LogP contribution is -2.38. The molecule has 2 N–H and O–H groups in total. The molecule has 0 radical (unpaired) electrons. The van der Waals surface area contributed by atoms with Crippen LogP contribution in [0.25, 0.3) is 0 Å². The summed E-state index contributed by atoms with van der Waals surface area (Å²) in [7, 11) is -3.94. The zero-order chi connectivity index (χ0) is 27.2. The van der Waals surface area contributed by atoms with Crippen LogP contribution < -0.4 is 10.0 Å². The molecule has 0 amide bonds. The van der Waals surface area contributed by atoms with Crippen molar-refractivity contribution in [3.8, 4) is 0 Å². The minimum atomic E-state index is -3.94. The van der Waals surface area contributed by atoms with Crippen molar-refractivity contribution in [1.29, 1.82) is 0 Å². The smallest absolute Gasteiger partial charge is 0.323 e. The van der Waals surface area contributed by atoms with Gasteiger partial charge in [0.05, 0.1) is 29.3 Å². The third kappa shape index (κ3) is 7.56. The molecule has 11 heteroatoms. The van der Waals surface area contributed by atoms with E-state index < -0.39 is 46.1 Å². The fraction of sp³-hybridized carbons (Fsp3) is 0.346. The van der Waals surface area contributed by atoms with Gasteiger partial charge in [-0.15, -0.1) is 0 Å². The second kappa shape index (κ2) is 11.9. The molecule has 10 nitrogen and oxygen atoms in total. The maximum atomic E-state index is 13.1. The lowest BCUT2D eigenvalue weighted by atomic mass is 9.91. The number of rotatable bonds is 11. The number of nitrogens with one attached hydrogen (secondary N) is 2.